The van der Waals surface area contributed by atoms with Crippen LogP contribution in [0.1, 0.15) is 4.88 Å². The van der Waals surface area contributed by atoms with E-state index in [1.165, 1.54) is 23.6 Å². The van der Waals surface area contributed by atoms with Crippen LogP contribution in [0.15, 0.2) is 24.4 Å². The number of thiazole rings is 1. The smallest absolute Gasteiger partial charge is 0.159 e. The maximum atomic E-state index is 12.9. The predicted octanol–water partition coefficient (Wildman–Crippen LogP) is 2.58. The number of hydrogen-bond donors (Lipinski definition) is 1. The Bertz CT molecular complexity index is 484. The molecule has 15 heavy (non-hydrogen) atoms. The number of halogens is 2. The van der Waals surface area contributed by atoms with Gasteiger partial charge in [-0.15, -0.1) is 11.3 Å². The molecule has 1 aromatic heterocycles. The minimum absolute atomic E-state index is 0.0959. The second-order valence-corrected chi connectivity index (χ2v) is 4.03. The average Bonchev–Trinajstić information content (AvgIpc) is 2.70. The van der Waals surface area contributed by atoms with E-state index in [-0.39, 0.29) is 6.61 Å². The SMILES string of the molecule is OCc1cnc(-c2ccc(F)c(F)c2)s1. The molecule has 1 N–H and O–H groups in total. The zero-order chi connectivity index (χ0) is 10.8. The molecule has 2 nitrogen and oxygen atoms in total. The summed E-state index contributed by atoms with van der Waals surface area (Å²) in [5.41, 5.74) is 0.513. The largest absolute Gasteiger partial charge is 0.391 e. The van der Waals surface area contributed by atoms with Gasteiger partial charge in [0.2, 0.25) is 0 Å². The van der Waals surface area contributed by atoms with Gasteiger partial charge in [0.25, 0.3) is 0 Å². The van der Waals surface area contributed by atoms with E-state index in [2.05, 4.69) is 4.98 Å². The fourth-order valence-corrected chi connectivity index (χ4v) is 1.91. The molecule has 0 unspecified atom stereocenters. The zero-order valence-electron chi connectivity index (χ0n) is 7.58. The number of hydrogen-bond acceptors (Lipinski definition) is 3. The molecule has 5 heteroatoms. The minimum atomic E-state index is -0.895. The molecule has 0 saturated heterocycles. The normalized spacial score (nSPS) is 10.6. The van der Waals surface area contributed by atoms with Crippen molar-refractivity contribution < 1.29 is 13.9 Å². The summed E-state index contributed by atoms with van der Waals surface area (Å²) in [6.07, 6.45) is 1.52. The number of aliphatic hydroxyl groups is 1. The van der Waals surface area contributed by atoms with E-state index >= 15 is 0 Å². The summed E-state index contributed by atoms with van der Waals surface area (Å²) < 4.78 is 25.6. The third-order valence-corrected chi connectivity index (χ3v) is 2.91. The molecular formula is C10H7F2NOS. The maximum Gasteiger partial charge on any atom is 0.159 e. The topological polar surface area (TPSA) is 33.1 Å². The summed E-state index contributed by atoms with van der Waals surface area (Å²) in [5, 5.41) is 9.40. The minimum Gasteiger partial charge on any atom is -0.391 e. The Balaban J connectivity index is 2.40. The van der Waals surface area contributed by atoms with E-state index in [0.717, 1.165) is 12.1 Å². The fourth-order valence-electron chi connectivity index (χ4n) is 1.14. The van der Waals surface area contributed by atoms with Crippen LogP contribution >= 0.6 is 11.3 Å². The molecular weight excluding hydrogens is 220 g/mol. The van der Waals surface area contributed by atoms with Crippen LogP contribution in [0, 0.1) is 11.6 Å². The van der Waals surface area contributed by atoms with Gasteiger partial charge in [-0.1, -0.05) is 0 Å². The van der Waals surface area contributed by atoms with Gasteiger partial charge in [0, 0.05) is 11.8 Å². The first kappa shape index (κ1) is 10.2. The van der Waals surface area contributed by atoms with Crippen molar-refractivity contribution in [2.24, 2.45) is 0 Å². The van der Waals surface area contributed by atoms with Gasteiger partial charge in [-0.2, -0.15) is 0 Å². The number of aliphatic hydroxyl groups excluding tert-OH is 1. The highest BCUT2D eigenvalue weighted by atomic mass is 32.1. The van der Waals surface area contributed by atoms with Gasteiger partial charge < -0.3 is 5.11 Å². The zero-order valence-corrected chi connectivity index (χ0v) is 8.39. The maximum absolute atomic E-state index is 12.9. The van der Waals surface area contributed by atoms with Crippen molar-refractivity contribution in [3.63, 3.8) is 0 Å². The molecule has 1 heterocycles. The standard InChI is InChI=1S/C10H7F2NOS/c11-8-2-1-6(3-9(8)12)10-13-4-7(5-14)15-10/h1-4,14H,5H2. The molecule has 0 fully saturated rings. The van der Waals surface area contributed by atoms with Gasteiger partial charge in [-0.3, -0.25) is 0 Å². The van der Waals surface area contributed by atoms with E-state index in [0.29, 0.717) is 15.4 Å². The highest BCUT2D eigenvalue weighted by molar-refractivity contribution is 7.15. The molecule has 0 amide bonds. The summed E-state index contributed by atoms with van der Waals surface area (Å²) in [7, 11) is 0. The number of nitrogens with zero attached hydrogens (tertiary/aromatic N) is 1. The van der Waals surface area contributed by atoms with Crippen LogP contribution in [0.5, 0.6) is 0 Å². The molecule has 0 saturated carbocycles. The van der Waals surface area contributed by atoms with Crippen LogP contribution in [0.4, 0.5) is 8.78 Å². The average molecular weight is 227 g/mol. The first-order valence-corrected chi connectivity index (χ1v) is 5.03. The van der Waals surface area contributed by atoms with Crippen molar-refractivity contribution in [3.8, 4) is 10.6 Å². The summed E-state index contributed by atoms with van der Waals surface area (Å²) in [6, 6.07) is 3.61. The van der Waals surface area contributed by atoms with E-state index < -0.39 is 11.6 Å². The Kier molecular flexibility index (Phi) is 2.75. The number of rotatable bonds is 2. The molecule has 1 aromatic carbocycles. The third kappa shape index (κ3) is 2.03. The molecule has 0 bridgehead atoms. The van der Waals surface area contributed by atoms with E-state index in [1.54, 1.807) is 0 Å². The van der Waals surface area contributed by atoms with Gasteiger partial charge in [0.15, 0.2) is 11.6 Å². The number of benzene rings is 1. The lowest BCUT2D eigenvalue weighted by atomic mass is 10.2. The van der Waals surface area contributed by atoms with Gasteiger partial charge >= 0.3 is 0 Å². The Hall–Kier alpha value is -1.33. The Labute approximate surface area is 88.8 Å². The summed E-state index contributed by atoms with van der Waals surface area (Å²) >= 11 is 1.25. The molecule has 0 spiro atoms. The first-order chi connectivity index (χ1) is 7.20. The molecule has 2 rings (SSSR count). The van der Waals surface area contributed by atoms with Crippen molar-refractivity contribution in [1.29, 1.82) is 0 Å². The highest BCUT2D eigenvalue weighted by Gasteiger charge is 2.07. The van der Waals surface area contributed by atoms with Gasteiger partial charge in [-0.25, -0.2) is 13.8 Å². The van der Waals surface area contributed by atoms with Crippen molar-refractivity contribution >= 4 is 11.3 Å². The van der Waals surface area contributed by atoms with Crippen LogP contribution < -0.4 is 0 Å². The van der Waals surface area contributed by atoms with E-state index in [1.807, 2.05) is 0 Å². The second kappa shape index (κ2) is 4.04. The van der Waals surface area contributed by atoms with Crippen molar-refractivity contribution in [2.75, 3.05) is 0 Å². The van der Waals surface area contributed by atoms with E-state index in [9.17, 15) is 8.78 Å². The Morgan fingerprint density at radius 1 is 1.27 bits per heavy atom. The summed E-state index contributed by atoms with van der Waals surface area (Å²) in [5.74, 6) is -1.77. The van der Waals surface area contributed by atoms with Crippen LogP contribution in [-0.4, -0.2) is 10.1 Å². The molecule has 0 aliphatic heterocycles. The van der Waals surface area contributed by atoms with Crippen LogP contribution in [0.3, 0.4) is 0 Å². The summed E-state index contributed by atoms with van der Waals surface area (Å²) in [4.78, 5) is 4.69. The highest BCUT2D eigenvalue weighted by Crippen LogP contribution is 2.26. The number of aromatic nitrogens is 1. The van der Waals surface area contributed by atoms with Gasteiger partial charge in [0.1, 0.15) is 5.01 Å². The van der Waals surface area contributed by atoms with Gasteiger partial charge in [0.05, 0.1) is 11.5 Å². The monoisotopic (exact) mass is 227 g/mol. The molecule has 0 aliphatic rings. The molecule has 0 aliphatic carbocycles. The summed E-state index contributed by atoms with van der Waals surface area (Å²) in [6.45, 7) is -0.0959. The predicted molar refractivity (Wildman–Crippen MR) is 53.4 cm³/mol. The molecule has 0 radical (unpaired) electrons. The lowest BCUT2D eigenvalue weighted by molar-refractivity contribution is 0.285. The molecule has 0 atom stereocenters. The molecule has 2 aromatic rings. The fraction of sp³-hybridized carbons (Fsp3) is 0.100. The van der Waals surface area contributed by atoms with Crippen LogP contribution in [0.2, 0.25) is 0 Å². The Morgan fingerprint density at radius 2 is 2.07 bits per heavy atom. The molecule has 78 valence electrons. The lowest BCUT2D eigenvalue weighted by Gasteiger charge is -1.96. The second-order valence-electron chi connectivity index (χ2n) is 2.92. The van der Waals surface area contributed by atoms with Crippen LogP contribution in [-0.2, 0) is 6.61 Å². The van der Waals surface area contributed by atoms with Crippen LogP contribution in [0.25, 0.3) is 10.6 Å². The quantitative estimate of drug-likeness (QED) is 0.855. The van der Waals surface area contributed by atoms with E-state index in [4.69, 9.17) is 5.11 Å². The Morgan fingerprint density at radius 3 is 2.67 bits per heavy atom. The van der Waals surface area contributed by atoms with Gasteiger partial charge in [-0.05, 0) is 18.2 Å². The van der Waals surface area contributed by atoms with Crippen molar-refractivity contribution in [1.82, 2.24) is 4.98 Å². The third-order valence-electron chi connectivity index (χ3n) is 1.88. The first-order valence-electron chi connectivity index (χ1n) is 4.21. The van der Waals surface area contributed by atoms with Crippen molar-refractivity contribution in [3.05, 3.63) is 40.9 Å². The lowest BCUT2D eigenvalue weighted by Crippen LogP contribution is -1.84. The van der Waals surface area contributed by atoms with Crippen molar-refractivity contribution in [2.45, 2.75) is 6.61 Å².